The largest absolute Gasteiger partial charge is 0.463 e. The summed E-state index contributed by atoms with van der Waals surface area (Å²) in [6.07, 6.45) is 3.82. The molecule has 0 unspecified atom stereocenters. The molecule has 0 saturated carbocycles. The van der Waals surface area contributed by atoms with Gasteiger partial charge in [-0.15, -0.1) is 10.2 Å². The van der Waals surface area contributed by atoms with Crippen LogP contribution in [0.2, 0.25) is 0 Å². The lowest BCUT2D eigenvalue weighted by molar-refractivity contribution is 0.0356. The Labute approximate surface area is 168 Å². The van der Waals surface area contributed by atoms with Gasteiger partial charge in [0, 0.05) is 57.6 Å². The van der Waals surface area contributed by atoms with Crippen molar-refractivity contribution < 1.29 is 24.5 Å². The molecule has 0 spiro atoms. The van der Waals surface area contributed by atoms with Gasteiger partial charge in [0.05, 0.1) is 19.8 Å². The maximum atomic E-state index is 12.2. The average molecular weight is 409 g/mol. The minimum Gasteiger partial charge on any atom is -0.463 e. The molecule has 1 fully saturated rings. The van der Waals surface area contributed by atoms with Crippen LogP contribution in [0.5, 0.6) is 6.01 Å². The topological polar surface area (TPSA) is 140 Å². The van der Waals surface area contributed by atoms with Crippen molar-refractivity contribution in [3.05, 3.63) is 18.6 Å². The highest BCUT2D eigenvalue weighted by atomic mass is 16.5. The predicted molar refractivity (Wildman–Crippen MR) is 101 cm³/mol. The number of carbonyl (C=O) groups is 1. The van der Waals surface area contributed by atoms with Crippen molar-refractivity contribution in [3.63, 3.8) is 0 Å². The molecule has 29 heavy (non-hydrogen) atoms. The van der Waals surface area contributed by atoms with Crippen LogP contribution in [0.25, 0.3) is 5.82 Å². The van der Waals surface area contributed by atoms with E-state index in [1.165, 1.54) is 12.5 Å². The van der Waals surface area contributed by atoms with Gasteiger partial charge in [-0.05, 0) is 6.42 Å². The van der Waals surface area contributed by atoms with Crippen LogP contribution in [0.3, 0.4) is 0 Å². The van der Waals surface area contributed by atoms with E-state index in [9.17, 15) is 4.79 Å². The van der Waals surface area contributed by atoms with E-state index in [1.54, 1.807) is 10.6 Å². The lowest BCUT2D eigenvalue weighted by Crippen LogP contribution is -2.37. The van der Waals surface area contributed by atoms with E-state index in [-0.39, 0.29) is 19.8 Å². The number of nitrogens with zero attached hydrogens (tertiary/aromatic N) is 6. The molecular weight excluding hydrogens is 382 g/mol. The van der Waals surface area contributed by atoms with E-state index in [0.29, 0.717) is 18.4 Å². The van der Waals surface area contributed by atoms with Crippen LogP contribution in [0, 0.1) is 5.92 Å². The first-order valence-electron chi connectivity index (χ1n) is 9.60. The standard InChI is InChI=1S/C17H27N7O5/c25-11-14(12-26)10-18-16(27)24-4-2-15(21-24)23-13-19-20-17(23)29-7-1-3-22-5-8-28-9-6-22/h2,4,13-14,25-26H,1,3,5-12H2,(H,18,27). The lowest BCUT2D eigenvalue weighted by atomic mass is 10.2. The number of amides is 1. The highest BCUT2D eigenvalue weighted by Gasteiger charge is 2.15. The van der Waals surface area contributed by atoms with Crippen LogP contribution >= 0.6 is 0 Å². The number of carbonyl (C=O) groups excluding carboxylic acids is 1. The summed E-state index contributed by atoms with van der Waals surface area (Å²) in [5, 5.41) is 32.7. The zero-order chi connectivity index (χ0) is 20.5. The fraction of sp³-hybridized carbons (Fsp3) is 0.647. The van der Waals surface area contributed by atoms with Gasteiger partial charge >= 0.3 is 12.0 Å². The van der Waals surface area contributed by atoms with Crippen LogP contribution in [0.4, 0.5) is 4.79 Å². The summed E-state index contributed by atoms with van der Waals surface area (Å²) >= 11 is 0. The molecule has 0 bridgehead atoms. The smallest absolute Gasteiger partial charge is 0.342 e. The molecule has 0 atom stereocenters. The summed E-state index contributed by atoms with van der Waals surface area (Å²) in [7, 11) is 0. The summed E-state index contributed by atoms with van der Waals surface area (Å²) < 4.78 is 13.7. The number of ether oxygens (including phenoxy) is 2. The Morgan fingerprint density at radius 1 is 1.31 bits per heavy atom. The minimum atomic E-state index is -0.468. The summed E-state index contributed by atoms with van der Waals surface area (Å²) in [5.74, 6) is 0.0264. The van der Waals surface area contributed by atoms with Crippen molar-refractivity contribution in [3.8, 4) is 11.8 Å². The monoisotopic (exact) mass is 409 g/mol. The van der Waals surface area contributed by atoms with Gasteiger partial charge in [-0.2, -0.15) is 4.68 Å². The Hall–Kier alpha value is -2.54. The normalized spacial score (nSPS) is 15.0. The van der Waals surface area contributed by atoms with Crippen molar-refractivity contribution in [2.24, 2.45) is 5.92 Å². The van der Waals surface area contributed by atoms with Crippen LogP contribution in [-0.4, -0.2) is 105 Å². The molecule has 12 nitrogen and oxygen atoms in total. The Morgan fingerprint density at radius 2 is 2.10 bits per heavy atom. The number of aromatic nitrogens is 5. The molecule has 160 valence electrons. The van der Waals surface area contributed by atoms with Crippen molar-refractivity contribution in [2.75, 3.05) is 59.2 Å². The number of morpholine rings is 1. The molecule has 3 rings (SSSR count). The van der Waals surface area contributed by atoms with Crippen LogP contribution in [0.15, 0.2) is 18.6 Å². The van der Waals surface area contributed by atoms with Crippen molar-refractivity contribution >= 4 is 6.03 Å². The first-order chi connectivity index (χ1) is 14.2. The SMILES string of the molecule is O=C(NCC(CO)CO)n1ccc(-n2cnnc2OCCCN2CCOCC2)n1. The fourth-order valence-electron chi connectivity index (χ4n) is 2.81. The molecule has 1 saturated heterocycles. The maximum Gasteiger partial charge on any atom is 0.342 e. The van der Waals surface area contributed by atoms with E-state index >= 15 is 0 Å². The van der Waals surface area contributed by atoms with Gasteiger partial charge in [0.2, 0.25) is 0 Å². The van der Waals surface area contributed by atoms with E-state index in [0.717, 1.165) is 44.0 Å². The van der Waals surface area contributed by atoms with Gasteiger partial charge < -0.3 is 25.0 Å². The Balaban J connectivity index is 1.50. The average Bonchev–Trinajstić information content (AvgIpc) is 3.42. The van der Waals surface area contributed by atoms with Gasteiger partial charge in [0.15, 0.2) is 5.82 Å². The maximum absolute atomic E-state index is 12.2. The second-order valence-electron chi connectivity index (χ2n) is 6.68. The van der Waals surface area contributed by atoms with Gasteiger partial charge in [-0.3, -0.25) is 4.90 Å². The Kier molecular flexibility index (Phi) is 7.93. The Morgan fingerprint density at radius 3 is 2.86 bits per heavy atom. The summed E-state index contributed by atoms with van der Waals surface area (Å²) in [5.41, 5.74) is 0. The third-order valence-corrected chi connectivity index (χ3v) is 4.56. The molecule has 0 aromatic carbocycles. The van der Waals surface area contributed by atoms with Gasteiger partial charge in [-0.1, -0.05) is 5.10 Å². The van der Waals surface area contributed by atoms with Gasteiger partial charge in [0.1, 0.15) is 6.33 Å². The molecule has 12 heteroatoms. The molecule has 3 N–H and O–H groups in total. The van der Waals surface area contributed by atoms with Gasteiger partial charge in [-0.25, -0.2) is 9.36 Å². The van der Waals surface area contributed by atoms with E-state index in [4.69, 9.17) is 19.7 Å². The molecule has 2 aromatic rings. The summed E-state index contributed by atoms with van der Waals surface area (Å²) in [4.78, 5) is 14.5. The third kappa shape index (κ3) is 5.97. The quantitative estimate of drug-likeness (QED) is 0.409. The molecule has 2 aromatic heterocycles. The molecule has 1 aliphatic heterocycles. The molecule has 3 heterocycles. The number of aliphatic hydroxyl groups is 2. The molecule has 0 aliphatic carbocycles. The lowest BCUT2D eigenvalue weighted by Gasteiger charge is -2.26. The highest BCUT2D eigenvalue weighted by molar-refractivity contribution is 5.75. The molecule has 0 radical (unpaired) electrons. The number of aliphatic hydroxyl groups excluding tert-OH is 2. The molecular formula is C17H27N7O5. The first kappa shape index (κ1) is 21.2. The second-order valence-corrected chi connectivity index (χ2v) is 6.68. The van der Waals surface area contributed by atoms with Crippen LogP contribution < -0.4 is 10.1 Å². The predicted octanol–water partition coefficient (Wildman–Crippen LogP) is -1.28. The molecule has 1 amide bonds. The van der Waals surface area contributed by atoms with E-state index in [1.807, 2.05) is 0 Å². The van der Waals surface area contributed by atoms with Crippen molar-refractivity contribution in [1.82, 2.24) is 34.8 Å². The van der Waals surface area contributed by atoms with E-state index < -0.39 is 11.9 Å². The second kappa shape index (κ2) is 10.9. The van der Waals surface area contributed by atoms with Crippen molar-refractivity contribution in [1.29, 1.82) is 0 Å². The van der Waals surface area contributed by atoms with Crippen LogP contribution in [-0.2, 0) is 4.74 Å². The number of hydrogen-bond acceptors (Lipinski definition) is 9. The van der Waals surface area contributed by atoms with Crippen molar-refractivity contribution in [2.45, 2.75) is 6.42 Å². The Bertz CT molecular complexity index is 755. The zero-order valence-electron chi connectivity index (χ0n) is 16.2. The van der Waals surface area contributed by atoms with E-state index in [2.05, 4.69) is 25.5 Å². The third-order valence-electron chi connectivity index (χ3n) is 4.56. The molecule has 1 aliphatic rings. The minimum absolute atomic E-state index is 0.144. The summed E-state index contributed by atoms with van der Waals surface area (Å²) in [6.45, 7) is 4.54. The number of rotatable bonds is 10. The summed E-state index contributed by atoms with van der Waals surface area (Å²) in [6, 6.07) is 1.47. The highest BCUT2D eigenvalue weighted by Crippen LogP contribution is 2.13. The first-order valence-corrected chi connectivity index (χ1v) is 9.60. The zero-order valence-corrected chi connectivity index (χ0v) is 16.2. The van der Waals surface area contributed by atoms with Crippen LogP contribution in [0.1, 0.15) is 6.42 Å². The number of nitrogens with one attached hydrogen (secondary N) is 1. The fourth-order valence-corrected chi connectivity index (χ4v) is 2.81. The number of hydrogen-bond donors (Lipinski definition) is 3. The van der Waals surface area contributed by atoms with Gasteiger partial charge in [0.25, 0.3) is 0 Å².